The standard InChI is InChI=1S/C29H32BrCl2N3O4S/c1-5-20(3)33-29(37)21(4)34(17-22-11-14-26(31)27(32)15-22)28(36)18-35(24-8-6-7-23(30)16-24)40(38,39)25-12-9-19(2)10-13-25/h6-16,20-21H,5,17-18H2,1-4H3,(H,33,37)/t20-,21-/m1/s1. The van der Waals surface area contributed by atoms with Crippen molar-refractivity contribution in [2.24, 2.45) is 0 Å². The van der Waals surface area contributed by atoms with Gasteiger partial charge in [0.1, 0.15) is 12.6 Å². The number of amides is 2. The second kappa shape index (κ2) is 13.9. The van der Waals surface area contributed by atoms with Gasteiger partial charge >= 0.3 is 0 Å². The number of rotatable bonds is 11. The Morgan fingerprint density at radius 3 is 2.25 bits per heavy atom. The average Bonchev–Trinajstić information content (AvgIpc) is 2.91. The molecule has 0 aromatic heterocycles. The van der Waals surface area contributed by atoms with Crippen LogP contribution in [-0.4, -0.2) is 43.8 Å². The quantitative estimate of drug-likeness (QED) is 0.250. The van der Waals surface area contributed by atoms with E-state index in [0.717, 1.165) is 9.87 Å². The van der Waals surface area contributed by atoms with E-state index in [1.165, 1.54) is 17.0 Å². The summed E-state index contributed by atoms with van der Waals surface area (Å²) in [7, 11) is -4.14. The van der Waals surface area contributed by atoms with Crippen molar-refractivity contribution in [3.63, 3.8) is 0 Å². The highest BCUT2D eigenvalue weighted by molar-refractivity contribution is 9.10. The summed E-state index contributed by atoms with van der Waals surface area (Å²) in [5, 5.41) is 3.57. The largest absolute Gasteiger partial charge is 0.352 e. The number of carbonyl (C=O) groups is 2. The number of nitrogens with one attached hydrogen (secondary N) is 1. The molecule has 3 aromatic carbocycles. The van der Waals surface area contributed by atoms with Crippen molar-refractivity contribution in [2.75, 3.05) is 10.8 Å². The van der Waals surface area contributed by atoms with Gasteiger partial charge in [-0.3, -0.25) is 13.9 Å². The number of hydrogen-bond donors (Lipinski definition) is 1. The highest BCUT2D eigenvalue weighted by Crippen LogP contribution is 2.28. The van der Waals surface area contributed by atoms with E-state index < -0.39 is 28.5 Å². The van der Waals surface area contributed by atoms with Gasteiger partial charge in [0.05, 0.1) is 20.6 Å². The van der Waals surface area contributed by atoms with Crippen LogP contribution in [0.5, 0.6) is 0 Å². The number of halogens is 3. The van der Waals surface area contributed by atoms with Crippen LogP contribution in [0.2, 0.25) is 10.0 Å². The Hall–Kier alpha value is -2.59. The lowest BCUT2D eigenvalue weighted by Crippen LogP contribution is -2.52. The third-order valence-electron chi connectivity index (χ3n) is 6.49. The zero-order chi connectivity index (χ0) is 29.6. The zero-order valence-electron chi connectivity index (χ0n) is 22.7. The molecule has 11 heteroatoms. The van der Waals surface area contributed by atoms with Crippen LogP contribution in [0, 0.1) is 6.92 Å². The maximum atomic E-state index is 14.0. The normalized spacial score (nSPS) is 12.9. The molecule has 0 heterocycles. The fraction of sp³-hybridized carbons (Fsp3) is 0.310. The highest BCUT2D eigenvalue weighted by atomic mass is 79.9. The molecule has 40 heavy (non-hydrogen) atoms. The van der Waals surface area contributed by atoms with E-state index >= 15 is 0 Å². The topological polar surface area (TPSA) is 86.8 Å². The number of aryl methyl sites for hydroxylation is 1. The highest BCUT2D eigenvalue weighted by Gasteiger charge is 2.33. The van der Waals surface area contributed by atoms with Gasteiger partial charge in [-0.15, -0.1) is 0 Å². The van der Waals surface area contributed by atoms with E-state index in [9.17, 15) is 18.0 Å². The molecule has 0 saturated heterocycles. The minimum Gasteiger partial charge on any atom is -0.352 e. The fourth-order valence-corrected chi connectivity index (χ4v) is 5.99. The van der Waals surface area contributed by atoms with Gasteiger partial charge in [0.15, 0.2) is 0 Å². The summed E-state index contributed by atoms with van der Waals surface area (Å²) in [5.41, 5.74) is 1.84. The first-order chi connectivity index (χ1) is 18.8. The van der Waals surface area contributed by atoms with E-state index in [0.29, 0.717) is 32.2 Å². The van der Waals surface area contributed by atoms with Gasteiger partial charge in [-0.05, 0) is 75.2 Å². The molecule has 0 spiro atoms. The Morgan fingerprint density at radius 2 is 1.65 bits per heavy atom. The first-order valence-corrected chi connectivity index (χ1v) is 15.7. The zero-order valence-corrected chi connectivity index (χ0v) is 26.6. The molecule has 0 fully saturated rings. The van der Waals surface area contributed by atoms with E-state index in [-0.39, 0.29) is 23.4 Å². The van der Waals surface area contributed by atoms with Crippen molar-refractivity contribution in [3.8, 4) is 0 Å². The van der Waals surface area contributed by atoms with Crippen LogP contribution in [0.15, 0.2) is 76.1 Å². The summed E-state index contributed by atoms with van der Waals surface area (Å²) in [6, 6.07) is 17.1. The lowest BCUT2D eigenvalue weighted by molar-refractivity contribution is -0.139. The fourth-order valence-electron chi connectivity index (χ4n) is 3.88. The molecule has 0 aliphatic heterocycles. The smallest absolute Gasteiger partial charge is 0.264 e. The van der Waals surface area contributed by atoms with Gasteiger partial charge in [0, 0.05) is 17.1 Å². The van der Waals surface area contributed by atoms with E-state index in [4.69, 9.17) is 23.2 Å². The SMILES string of the molecule is CC[C@@H](C)NC(=O)[C@@H](C)N(Cc1ccc(Cl)c(Cl)c1)C(=O)CN(c1cccc(Br)c1)S(=O)(=O)c1ccc(C)cc1. The van der Waals surface area contributed by atoms with E-state index in [1.54, 1.807) is 61.5 Å². The van der Waals surface area contributed by atoms with Gasteiger partial charge < -0.3 is 10.2 Å². The molecule has 0 saturated carbocycles. The average molecular weight is 669 g/mol. The number of nitrogens with zero attached hydrogens (tertiary/aromatic N) is 2. The number of sulfonamides is 1. The summed E-state index contributed by atoms with van der Waals surface area (Å²) in [4.78, 5) is 28.5. The summed E-state index contributed by atoms with van der Waals surface area (Å²) < 4.78 is 29.5. The molecule has 0 bridgehead atoms. The molecule has 2 amide bonds. The Kier molecular flexibility index (Phi) is 11.1. The van der Waals surface area contributed by atoms with Crippen LogP contribution in [0.1, 0.15) is 38.3 Å². The molecule has 7 nitrogen and oxygen atoms in total. The molecule has 214 valence electrons. The van der Waals surface area contributed by atoms with Gasteiger partial charge in [0.25, 0.3) is 10.0 Å². The number of carbonyl (C=O) groups excluding carboxylic acids is 2. The Labute approximate surface area is 254 Å². The Balaban J connectivity index is 2.04. The molecule has 3 aromatic rings. The van der Waals surface area contributed by atoms with E-state index in [2.05, 4.69) is 21.2 Å². The number of anilines is 1. The maximum absolute atomic E-state index is 14.0. The van der Waals surface area contributed by atoms with Gasteiger partial charge in [-0.2, -0.15) is 0 Å². The lowest BCUT2D eigenvalue weighted by Gasteiger charge is -2.32. The second-order valence-corrected chi connectivity index (χ2v) is 13.2. The summed E-state index contributed by atoms with van der Waals surface area (Å²) in [5.74, 6) is -0.910. The molecule has 0 radical (unpaired) electrons. The van der Waals surface area contributed by atoms with Crippen LogP contribution in [0.3, 0.4) is 0 Å². The molecular formula is C29H32BrCl2N3O4S. The number of hydrogen-bond acceptors (Lipinski definition) is 4. The van der Waals surface area contributed by atoms with Crippen LogP contribution < -0.4 is 9.62 Å². The lowest BCUT2D eigenvalue weighted by atomic mass is 10.1. The maximum Gasteiger partial charge on any atom is 0.264 e. The minimum atomic E-state index is -4.14. The van der Waals surface area contributed by atoms with Crippen LogP contribution >= 0.6 is 39.1 Å². The first kappa shape index (κ1) is 31.9. The second-order valence-electron chi connectivity index (χ2n) is 9.57. The third-order valence-corrected chi connectivity index (χ3v) is 9.51. The molecule has 1 N–H and O–H groups in total. The van der Waals surface area contributed by atoms with Gasteiger partial charge in [-0.1, -0.05) is 75.9 Å². The predicted octanol–water partition coefficient (Wildman–Crippen LogP) is 6.59. The van der Waals surface area contributed by atoms with Crippen molar-refractivity contribution in [2.45, 2.75) is 57.6 Å². The summed E-state index contributed by atoms with van der Waals surface area (Å²) >= 11 is 15.7. The van der Waals surface area contributed by atoms with Crippen molar-refractivity contribution in [1.29, 1.82) is 0 Å². The van der Waals surface area contributed by atoms with Crippen LogP contribution in [0.25, 0.3) is 0 Å². The summed E-state index contributed by atoms with van der Waals surface area (Å²) in [6.07, 6.45) is 0.713. The van der Waals surface area contributed by atoms with Crippen LogP contribution in [0.4, 0.5) is 5.69 Å². The third kappa shape index (κ3) is 8.00. The molecular weight excluding hydrogens is 637 g/mol. The molecule has 3 rings (SSSR count). The summed E-state index contributed by atoms with van der Waals surface area (Å²) in [6.45, 7) is 6.78. The van der Waals surface area contributed by atoms with Gasteiger partial charge in [-0.25, -0.2) is 8.42 Å². The first-order valence-electron chi connectivity index (χ1n) is 12.7. The van der Waals surface area contributed by atoms with Gasteiger partial charge in [0.2, 0.25) is 11.8 Å². The Bertz CT molecular complexity index is 1470. The van der Waals surface area contributed by atoms with Crippen molar-refractivity contribution in [1.82, 2.24) is 10.2 Å². The minimum absolute atomic E-state index is 0.0156. The molecule has 0 aliphatic rings. The van der Waals surface area contributed by atoms with Crippen molar-refractivity contribution >= 4 is 66.7 Å². The van der Waals surface area contributed by atoms with Crippen LogP contribution in [-0.2, 0) is 26.2 Å². The predicted molar refractivity (Wildman–Crippen MR) is 164 cm³/mol. The monoisotopic (exact) mass is 667 g/mol. The number of benzene rings is 3. The molecule has 2 atom stereocenters. The molecule has 0 unspecified atom stereocenters. The van der Waals surface area contributed by atoms with Crippen molar-refractivity contribution < 1.29 is 18.0 Å². The van der Waals surface area contributed by atoms with Crippen molar-refractivity contribution in [3.05, 3.63) is 92.4 Å². The molecule has 0 aliphatic carbocycles. The Morgan fingerprint density at radius 1 is 0.975 bits per heavy atom. The van der Waals surface area contributed by atoms with E-state index in [1.807, 2.05) is 20.8 Å².